The van der Waals surface area contributed by atoms with Gasteiger partial charge in [0, 0.05) is 18.0 Å². The summed E-state index contributed by atoms with van der Waals surface area (Å²) < 4.78 is 0. The quantitative estimate of drug-likeness (QED) is 0.780. The third kappa shape index (κ3) is 2.96. The van der Waals surface area contributed by atoms with Crippen molar-refractivity contribution in [3.05, 3.63) is 0 Å². The van der Waals surface area contributed by atoms with Crippen molar-refractivity contribution in [2.45, 2.75) is 64.0 Å². The number of carboxylic acids is 1. The highest BCUT2D eigenvalue weighted by atomic mass is 16.4. The molecule has 2 N–H and O–H groups in total. The van der Waals surface area contributed by atoms with E-state index in [4.69, 9.17) is 5.11 Å². The van der Waals surface area contributed by atoms with Crippen molar-refractivity contribution in [2.75, 3.05) is 13.1 Å². The number of carbonyl (C=O) groups is 2. The van der Waals surface area contributed by atoms with Crippen LogP contribution >= 0.6 is 0 Å². The molecule has 0 unspecified atom stereocenters. The second-order valence-electron chi connectivity index (χ2n) is 8.74. The predicted molar refractivity (Wildman–Crippen MR) is 90.4 cm³/mol. The maximum absolute atomic E-state index is 12.8. The van der Waals surface area contributed by atoms with E-state index < -0.39 is 5.97 Å². The SMILES string of the molecule is CCN(CC(=O)O)C1CC(NC(=O)C2C3CC4CC(C3)CC2C4)C1. The second-order valence-corrected chi connectivity index (χ2v) is 8.74. The van der Waals surface area contributed by atoms with Gasteiger partial charge in [0.15, 0.2) is 0 Å². The molecule has 0 heterocycles. The van der Waals surface area contributed by atoms with Crippen LogP contribution < -0.4 is 5.32 Å². The fraction of sp³-hybridized carbons (Fsp3) is 0.895. The summed E-state index contributed by atoms with van der Waals surface area (Å²) in [7, 11) is 0. The molecular formula is C19H30N2O3. The Balaban J connectivity index is 1.28. The Morgan fingerprint density at radius 1 is 1.00 bits per heavy atom. The maximum Gasteiger partial charge on any atom is 0.317 e. The minimum absolute atomic E-state index is 0.109. The molecule has 0 aliphatic heterocycles. The van der Waals surface area contributed by atoms with Gasteiger partial charge in [-0.1, -0.05) is 6.92 Å². The van der Waals surface area contributed by atoms with Gasteiger partial charge in [0.25, 0.3) is 0 Å². The monoisotopic (exact) mass is 334 g/mol. The topological polar surface area (TPSA) is 69.6 Å². The van der Waals surface area contributed by atoms with Crippen molar-refractivity contribution >= 4 is 11.9 Å². The molecule has 0 saturated heterocycles. The molecule has 5 aliphatic rings. The molecule has 0 aromatic heterocycles. The molecule has 5 fully saturated rings. The molecule has 1 amide bonds. The zero-order valence-electron chi connectivity index (χ0n) is 14.6. The van der Waals surface area contributed by atoms with Gasteiger partial charge >= 0.3 is 5.97 Å². The van der Waals surface area contributed by atoms with Crippen LogP contribution in [0.3, 0.4) is 0 Å². The highest BCUT2D eigenvalue weighted by Crippen LogP contribution is 2.56. The van der Waals surface area contributed by atoms with Crippen LogP contribution in [0.5, 0.6) is 0 Å². The summed E-state index contributed by atoms with van der Waals surface area (Å²) in [6.45, 7) is 2.87. The van der Waals surface area contributed by atoms with E-state index in [0.717, 1.165) is 31.2 Å². The van der Waals surface area contributed by atoms with Crippen LogP contribution in [-0.4, -0.2) is 47.1 Å². The molecule has 5 heteroatoms. The molecule has 5 aliphatic carbocycles. The van der Waals surface area contributed by atoms with E-state index >= 15 is 0 Å². The lowest BCUT2D eigenvalue weighted by molar-refractivity contribution is -0.142. The molecule has 5 rings (SSSR count). The molecule has 5 saturated carbocycles. The van der Waals surface area contributed by atoms with Crippen molar-refractivity contribution in [1.82, 2.24) is 10.2 Å². The largest absolute Gasteiger partial charge is 0.480 e. The van der Waals surface area contributed by atoms with Crippen LogP contribution in [-0.2, 0) is 9.59 Å². The van der Waals surface area contributed by atoms with Gasteiger partial charge in [-0.2, -0.15) is 0 Å². The molecule has 0 atom stereocenters. The molecule has 4 bridgehead atoms. The van der Waals surface area contributed by atoms with Crippen LogP contribution in [0.4, 0.5) is 0 Å². The summed E-state index contributed by atoms with van der Waals surface area (Å²) >= 11 is 0. The lowest BCUT2D eigenvalue weighted by atomic mass is 9.51. The number of carboxylic acid groups (broad SMARTS) is 1. The number of carbonyl (C=O) groups excluding carboxylic acids is 1. The van der Waals surface area contributed by atoms with Gasteiger partial charge in [-0.15, -0.1) is 0 Å². The number of amides is 1. The van der Waals surface area contributed by atoms with Crippen LogP contribution in [0.1, 0.15) is 51.9 Å². The van der Waals surface area contributed by atoms with Crippen molar-refractivity contribution in [1.29, 1.82) is 0 Å². The standard InChI is InChI=1S/C19H30N2O3/c1-2-21(10-17(22)23)16-8-15(9-16)20-19(24)18-13-4-11-3-12(6-13)7-14(18)5-11/h11-16,18H,2-10H2,1H3,(H,20,24)(H,22,23). The third-order valence-electron chi connectivity index (χ3n) is 7.25. The van der Waals surface area contributed by atoms with Crippen molar-refractivity contribution in [3.8, 4) is 0 Å². The molecule has 24 heavy (non-hydrogen) atoms. The maximum atomic E-state index is 12.8. The van der Waals surface area contributed by atoms with Crippen molar-refractivity contribution < 1.29 is 14.7 Å². The van der Waals surface area contributed by atoms with Gasteiger partial charge in [0.2, 0.25) is 5.91 Å². The molecule has 5 nitrogen and oxygen atoms in total. The highest BCUT2D eigenvalue weighted by molar-refractivity contribution is 5.80. The third-order valence-corrected chi connectivity index (χ3v) is 7.25. The predicted octanol–water partition coefficient (Wildman–Crippen LogP) is 2.11. The smallest absolute Gasteiger partial charge is 0.317 e. The van der Waals surface area contributed by atoms with Gasteiger partial charge in [0.05, 0.1) is 6.54 Å². The summed E-state index contributed by atoms with van der Waals surface area (Å²) in [6, 6.07) is 0.567. The number of hydrogen-bond acceptors (Lipinski definition) is 3. The van der Waals surface area contributed by atoms with E-state index in [1.165, 1.54) is 32.1 Å². The Hall–Kier alpha value is -1.10. The molecule has 134 valence electrons. The Morgan fingerprint density at radius 2 is 1.58 bits per heavy atom. The van der Waals surface area contributed by atoms with Crippen molar-refractivity contribution in [3.63, 3.8) is 0 Å². The van der Waals surface area contributed by atoms with Crippen LogP contribution in [0.25, 0.3) is 0 Å². The fourth-order valence-corrected chi connectivity index (χ4v) is 6.33. The van der Waals surface area contributed by atoms with Gasteiger partial charge in [-0.25, -0.2) is 0 Å². The minimum atomic E-state index is -0.766. The Morgan fingerprint density at radius 3 is 2.08 bits per heavy atom. The van der Waals surface area contributed by atoms with E-state index in [0.29, 0.717) is 23.8 Å². The van der Waals surface area contributed by atoms with E-state index in [2.05, 4.69) is 5.32 Å². The zero-order valence-corrected chi connectivity index (χ0v) is 14.6. The van der Waals surface area contributed by atoms with Crippen LogP contribution in [0.15, 0.2) is 0 Å². The normalized spacial score (nSPS) is 42.8. The van der Waals surface area contributed by atoms with Crippen LogP contribution in [0.2, 0.25) is 0 Å². The fourth-order valence-electron chi connectivity index (χ4n) is 6.33. The lowest BCUT2D eigenvalue weighted by Gasteiger charge is -2.54. The van der Waals surface area contributed by atoms with Gasteiger partial charge in [-0.3, -0.25) is 14.5 Å². The van der Waals surface area contributed by atoms with Crippen LogP contribution in [0, 0.1) is 29.6 Å². The van der Waals surface area contributed by atoms with Crippen molar-refractivity contribution in [2.24, 2.45) is 29.6 Å². The van der Waals surface area contributed by atoms with Gasteiger partial charge < -0.3 is 10.4 Å². The lowest BCUT2D eigenvalue weighted by Crippen LogP contribution is -2.58. The first-order valence-corrected chi connectivity index (χ1v) is 9.79. The average Bonchev–Trinajstić information content (AvgIpc) is 2.47. The first-order valence-electron chi connectivity index (χ1n) is 9.79. The molecule has 0 aromatic rings. The molecule has 0 radical (unpaired) electrons. The van der Waals surface area contributed by atoms with Gasteiger partial charge in [-0.05, 0) is 75.2 Å². The highest BCUT2D eigenvalue weighted by Gasteiger charge is 2.51. The van der Waals surface area contributed by atoms with E-state index in [9.17, 15) is 9.59 Å². The molecule has 0 aromatic carbocycles. The Bertz CT molecular complexity index is 487. The van der Waals surface area contributed by atoms with E-state index in [-0.39, 0.29) is 18.5 Å². The summed E-state index contributed by atoms with van der Waals surface area (Å²) in [5.41, 5.74) is 0. The summed E-state index contributed by atoms with van der Waals surface area (Å²) in [5.74, 6) is 2.87. The summed E-state index contributed by atoms with van der Waals surface area (Å²) in [5, 5.41) is 12.3. The number of likely N-dealkylation sites (N-methyl/N-ethyl adjacent to an activating group) is 1. The number of nitrogens with one attached hydrogen (secondary N) is 1. The number of nitrogens with zero attached hydrogens (tertiary/aromatic N) is 1. The average molecular weight is 334 g/mol. The summed E-state index contributed by atoms with van der Waals surface area (Å²) in [6.07, 6.45) is 8.34. The number of rotatable bonds is 6. The molecular weight excluding hydrogens is 304 g/mol. The second kappa shape index (κ2) is 6.32. The first kappa shape index (κ1) is 16.4. The zero-order chi connectivity index (χ0) is 16.8. The number of aliphatic carboxylic acids is 1. The van der Waals surface area contributed by atoms with E-state index in [1.54, 1.807) is 0 Å². The number of hydrogen-bond donors (Lipinski definition) is 2. The summed E-state index contributed by atoms with van der Waals surface area (Å²) in [4.78, 5) is 25.8. The minimum Gasteiger partial charge on any atom is -0.480 e. The van der Waals surface area contributed by atoms with E-state index in [1.807, 2.05) is 11.8 Å². The Kier molecular flexibility index (Phi) is 4.31. The first-order chi connectivity index (χ1) is 11.5. The Labute approximate surface area is 144 Å². The molecule has 0 spiro atoms. The van der Waals surface area contributed by atoms with Gasteiger partial charge in [0.1, 0.15) is 0 Å².